The number of hydrogen-bond acceptors (Lipinski definition) is 7. The molecule has 0 aliphatic heterocycles. The molecule has 2 aromatic carbocycles. The molecule has 1 atom stereocenters. The molecule has 8 heteroatoms. The molecule has 0 saturated carbocycles. The first-order valence-corrected chi connectivity index (χ1v) is 11.7. The average molecular weight is 434 g/mol. The van der Waals surface area contributed by atoms with Gasteiger partial charge in [0.05, 0.1) is 25.4 Å². The Labute approximate surface area is 178 Å². The summed E-state index contributed by atoms with van der Waals surface area (Å²) in [5.41, 5.74) is 2.94. The van der Waals surface area contributed by atoms with E-state index in [1.165, 1.54) is 0 Å². The Morgan fingerprint density at radius 1 is 0.933 bits per heavy atom. The molecule has 2 rings (SSSR count). The SMILES string of the molecule is CCOC(=O)c1ccc(NC(c2ccc(N(C)C)cc2)P(=O)(OCC)OCC)cc1. The van der Waals surface area contributed by atoms with Crippen LogP contribution in [0.2, 0.25) is 0 Å². The van der Waals surface area contributed by atoms with E-state index in [1.54, 1.807) is 45.0 Å². The van der Waals surface area contributed by atoms with E-state index in [4.69, 9.17) is 13.8 Å². The summed E-state index contributed by atoms with van der Waals surface area (Å²) < 4.78 is 29.9. The summed E-state index contributed by atoms with van der Waals surface area (Å²) in [6.45, 7) is 6.16. The van der Waals surface area contributed by atoms with Crippen LogP contribution in [-0.2, 0) is 18.3 Å². The zero-order valence-electron chi connectivity index (χ0n) is 18.3. The number of ether oxygens (including phenoxy) is 1. The molecule has 0 aromatic heterocycles. The second-order valence-electron chi connectivity index (χ2n) is 6.71. The summed E-state index contributed by atoms with van der Waals surface area (Å²) in [4.78, 5) is 13.9. The second-order valence-corrected chi connectivity index (χ2v) is 8.82. The lowest BCUT2D eigenvalue weighted by Gasteiger charge is -2.28. The molecule has 1 unspecified atom stereocenters. The fourth-order valence-electron chi connectivity index (χ4n) is 2.92. The maximum atomic E-state index is 13.6. The minimum absolute atomic E-state index is 0.257. The number of benzene rings is 2. The highest BCUT2D eigenvalue weighted by molar-refractivity contribution is 7.54. The highest BCUT2D eigenvalue weighted by Crippen LogP contribution is 2.60. The summed E-state index contributed by atoms with van der Waals surface area (Å²) >= 11 is 0. The van der Waals surface area contributed by atoms with Crippen molar-refractivity contribution in [2.75, 3.05) is 44.1 Å². The van der Waals surface area contributed by atoms with Crippen molar-refractivity contribution >= 4 is 24.9 Å². The van der Waals surface area contributed by atoms with Crippen molar-refractivity contribution in [3.63, 3.8) is 0 Å². The van der Waals surface area contributed by atoms with Crippen LogP contribution in [0.4, 0.5) is 11.4 Å². The number of nitrogens with zero attached hydrogens (tertiary/aromatic N) is 1. The van der Waals surface area contributed by atoms with Crippen molar-refractivity contribution in [2.24, 2.45) is 0 Å². The topological polar surface area (TPSA) is 77.1 Å². The van der Waals surface area contributed by atoms with Gasteiger partial charge in [-0.15, -0.1) is 0 Å². The third-order valence-electron chi connectivity index (χ3n) is 4.36. The van der Waals surface area contributed by atoms with Gasteiger partial charge in [0.15, 0.2) is 5.78 Å². The van der Waals surface area contributed by atoms with Gasteiger partial charge in [0.2, 0.25) is 0 Å². The number of nitrogens with one attached hydrogen (secondary N) is 1. The van der Waals surface area contributed by atoms with Crippen LogP contribution in [0.5, 0.6) is 0 Å². The Morgan fingerprint density at radius 2 is 1.50 bits per heavy atom. The van der Waals surface area contributed by atoms with Gasteiger partial charge in [-0.3, -0.25) is 4.57 Å². The zero-order valence-corrected chi connectivity index (χ0v) is 19.1. The standard InChI is InChI=1S/C22H31N2O5P/c1-6-27-22(25)18-9-13-19(14-10-18)23-21(30(26,28-7-2)29-8-3)17-11-15-20(16-12-17)24(4)5/h9-16,21,23H,6-8H2,1-5H3. The van der Waals surface area contributed by atoms with Crippen molar-refractivity contribution in [1.29, 1.82) is 0 Å². The zero-order chi connectivity index (χ0) is 22.1. The molecule has 0 bridgehead atoms. The van der Waals surface area contributed by atoms with E-state index in [0.29, 0.717) is 17.9 Å². The molecule has 0 amide bonds. The molecule has 0 aliphatic carbocycles. The number of hydrogen-bond donors (Lipinski definition) is 1. The van der Waals surface area contributed by atoms with Gasteiger partial charge in [0, 0.05) is 25.5 Å². The van der Waals surface area contributed by atoms with E-state index in [1.807, 2.05) is 43.3 Å². The Balaban J connectivity index is 2.38. The lowest BCUT2D eigenvalue weighted by molar-refractivity contribution is 0.0526. The third-order valence-corrected chi connectivity index (χ3v) is 6.65. The van der Waals surface area contributed by atoms with Crippen LogP contribution in [0.3, 0.4) is 0 Å². The maximum absolute atomic E-state index is 13.6. The van der Waals surface area contributed by atoms with Gasteiger partial charge < -0.3 is 24.0 Å². The van der Waals surface area contributed by atoms with Gasteiger partial charge in [0.25, 0.3) is 0 Å². The van der Waals surface area contributed by atoms with Crippen molar-refractivity contribution in [2.45, 2.75) is 26.6 Å². The van der Waals surface area contributed by atoms with Crippen LogP contribution in [0, 0.1) is 0 Å². The lowest BCUT2D eigenvalue weighted by Crippen LogP contribution is -2.16. The fraction of sp³-hybridized carbons (Fsp3) is 0.409. The molecule has 0 fully saturated rings. The van der Waals surface area contributed by atoms with E-state index in [2.05, 4.69) is 5.32 Å². The number of rotatable bonds is 11. The van der Waals surface area contributed by atoms with Crippen LogP contribution in [0.25, 0.3) is 0 Å². The second kappa shape index (κ2) is 11.2. The van der Waals surface area contributed by atoms with Gasteiger partial charge >= 0.3 is 13.6 Å². The highest BCUT2D eigenvalue weighted by atomic mass is 31.2. The average Bonchev–Trinajstić information content (AvgIpc) is 2.73. The summed E-state index contributed by atoms with van der Waals surface area (Å²) in [7, 11) is 0.405. The monoisotopic (exact) mass is 434 g/mol. The molecule has 0 radical (unpaired) electrons. The van der Waals surface area contributed by atoms with Crippen LogP contribution in [0.1, 0.15) is 42.5 Å². The van der Waals surface area contributed by atoms with E-state index in [9.17, 15) is 9.36 Å². The van der Waals surface area contributed by atoms with Gasteiger partial charge in [-0.2, -0.15) is 0 Å². The lowest BCUT2D eigenvalue weighted by atomic mass is 10.1. The quantitative estimate of drug-likeness (QED) is 0.379. The van der Waals surface area contributed by atoms with Crippen LogP contribution in [0.15, 0.2) is 48.5 Å². The van der Waals surface area contributed by atoms with Crippen LogP contribution >= 0.6 is 7.60 Å². The van der Waals surface area contributed by atoms with E-state index in [-0.39, 0.29) is 19.2 Å². The first-order valence-electron chi connectivity index (χ1n) is 10.0. The minimum atomic E-state index is -3.51. The van der Waals surface area contributed by atoms with Gasteiger partial charge in [0.1, 0.15) is 0 Å². The van der Waals surface area contributed by atoms with Crippen molar-refractivity contribution in [1.82, 2.24) is 0 Å². The summed E-state index contributed by atoms with van der Waals surface area (Å²) in [5, 5.41) is 3.27. The van der Waals surface area contributed by atoms with E-state index >= 15 is 0 Å². The molecule has 30 heavy (non-hydrogen) atoms. The van der Waals surface area contributed by atoms with Crippen LogP contribution in [-0.4, -0.2) is 39.9 Å². The normalized spacial score (nSPS) is 12.3. The molecular formula is C22H31N2O5P. The summed E-state index contributed by atoms with van der Waals surface area (Å²) in [5.74, 6) is -1.09. The molecule has 7 nitrogen and oxygen atoms in total. The summed E-state index contributed by atoms with van der Waals surface area (Å²) in [6, 6.07) is 14.5. The number of carbonyl (C=O) groups excluding carboxylic acids is 1. The Hall–Kier alpha value is -2.34. The van der Waals surface area contributed by atoms with E-state index in [0.717, 1.165) is 11.3 Å². The number of carbonyl (C=O) groups is 1. The van der Waals surface area contributed by atoms with Crippen molar-refractivity contribution in [3.8, 4) is 0 Å². The predicted molar refractivity (Wildman–Crippen MR) is 120 cm³/mol. The van der Waals surface area contributed by atoms with Crippen molar-refractivity contribution in [3.05, 3.63) is 59.7 Å². The molecule has 0 saturated heterocycles. The Bertz CT molecular complexity index is 843. The van der Waals surface area contributed by atoms with E-state index < -0.39 is 13.4 Å². The molecule has 0 aliphatic rings. The predicted octanol–water partition coefficient (Wildman–Crippen LogP) is 5.31. The first kappa shape index (κ1) is 23.9. The first-order chi connectivity index (χ1) is 14.3. The number of esters is 1. The molecular weight excluding hydrogens is 403 g/mol. The minimum Gasteiger partial charge on any atom is -0.462 e. The van der Waals surface area contributed by atoms with Gasteiger partial charge in [-0.25, -0.2) is 4.79 Å². The molecule has 0 spiro atoms. The molecule has 1 N–H and O–H groups in total. The van der Waals surface area contributed by atoms with Crippen molar-refractivity contribution < 1.29 is 23.1 Å². The fourth-order valence-corrected chi connectivity index (χ4v) is 4.86. The Kier molecular flexibility index (Phi) is 8.90. The van der Waals surface area contributed by atoms with Gasteiger partial charge in [-0.1, -0.05) is 12.1 Å². The maximum Gasteiger partial charge on any atom is 0.357 e. The van der Waals surface area contributed by atoms with Crippen LogP contribution < -0.4 is 10.2 Å². The molecule has 2 aromatic rings. The smallest absolute Gasteiger partial charge is 0.357 e. The molecule has 0 heterocycles. The third kappa shape index (κ3) is 6.08. The number of anilines is 2. The summed E-state index contributed by atoms with van der Waals surface area (Å²) in [6.07, 6.45) is 0. The molecule has 164 valence electrons. The highest BCUT2D eigenvalue weighted by Gasteiger charge is 2.37. The van der Waals surface area contributed by atoms with Gasteiger partial charge in [-0.05, 0) is 62.7 Å². The Morgan fingerprint density at radius 3 is 1.97 bits per heavy atom. The largest absolute Gasteiger partial charge is 0.462 e.